The number of carbonyl (C=O) groups excluding carboxylic acids is 2. The van der Waals surface area contributed by atoms with E-state index in [1.165, 1.54) is 38.5 Å². The van der Waals surface area contributed by atoms with Crippen LogP contribution in [-0.4, -0.2) is 25.2 Å². The molecule has 0 amide bonds. The van der Waals surface area contributed by atoms with Gasteiger partial charge in [0, 0.05) is 11.1 Å². The number of ether oxygens (including phenoxy) is 2. The third-order valence-electron chi connectivity index (χ3n) is 5.68. The van der Waals surface area contributed by atoms with Crippen LogP contribution in [0.5, 0.6) is 0 Å². The molecule has 0 N–H and O–H groups in total. The van der Waals surface area contributed by atoms with E-state index in [0.29, 0.717) is 24.3 Å². The molecule has 36 heavy (non-hydrogen) atoms. The van der Waals surface area contributed by atoms with Crippen molar-refractivity contribution in [3.8, 4) is 23.7 Å². The molecule has 0 aromatic heterocycles. The lowest BCUT2D eigenvalue weighted by atomic mass is 10.1. The lowest BCUT2D eigenvalue weighted by Crippen LogP contribution is -2.06. The molecule has 0 unspecified atom stereocenters. The van der Waals surface area contributed by atoms with Gasteiger partial charge in [0.2, 0.25) is 0 Å². The van der Waals surface area contributed by atoms with Crippen LogP contribution >= 0.6 is 0 Å². The zero-order valence-corrected chi connectivity index (χ0v) is 21.7. The van der Waals surface area contributed by atoms with E-state index < -0.39 is 0 Å². The van der Waals surface area contributed by atoms with E-state index in [2.05, 4.69) is 37.5 Å². The summed E-state index contributed by atoms with van der Waals surface area (Å²) in [6.45, 7) is 5.27. The third kappa shape index (κ3) is 11.8. The Kier molecular flexibility index (Phi) is 14.3. The van der Waals surface area contributed by atoms with Gasteiger partial charge < -0.3 is 9.47 Å². The Bertz CT molecular complexity index is 956. The molecule has 190 valence electrons. The second kappa shape index (κ2) is 17.9. The zero-order chi connectivity index (χ0) is 25.8. The smallest absolute Gasteiger partial charge is 0.338 e. The van der Waals surface area contributed by atoms with Crippen molar-refractivity contribution >= 4 is 11.9 Å². The van der Waals surface area contributed by atoms with Crippen LogP contribution in [0, 0.1) is 23.7 Å². The van der Waals surface area contributed by atoms with Crippen molar-refractivity contribution in [3.05, 3.63) is 70.8 Å². The van der Waals surface area contributed by atoms with Crippen molar-refractivity contribution < 1.29 is 19.1 Å². The van der Waals surface area contributed by atoms with Gasteiger partial charge in [-0.05, 0) is 73.2 Å². The second-order valence-corrected chi connectivity index (χ2v) is 8.75. The van der Waals surface area contributed by atoms with Crippen LogP contribution in [0.25, 0.3) is 0 Å². The average molecular weight is 487 g/mol. The highest BCUT2D eigenvalue weighted by molar-refractivity contribution is 5.90. The van der Waals surface area contributed by atoms with Crippen LogP contribution in [0.15, 0.2) is 48.5 Å². The summed E-state index contributed by atoms with van der Waals surface area (Å²) in [5, 5.41) is 0. The lowest BCUT2D eigenvalue weighted by molar-refractivity contribution is 0.0488. The van der Waals surface area contributed by atoms with Gasteiger partial charge >= 0.3 is 11.9 Å². The molecule has 4 nitrogen and oxygen atoms in total. The number of carbonyl (C=O) groups is 2. The fourth-order valence-electron chi connectivity index (χ4n) is 3.49. The van der Waals surface area contributed by atoms with E-state index in [1.54, 1.807) is 48.5 Å². The summed E-state index contributed by atoms with van der Waals surface area (Å²) in [5.74, 6) is 11.0. The van der Waals surface area contributed by atoms with Gasteiger partial charge in [0.15, 0.2) is 0 Å². The van der Waals surface area contributed by atoms with Gasteiger partial charge in [-0.3, -0.25) is 0 Å². The molecular formula is C32H38O4. The molecule has 0 aliphatic rings. The van der Waals surface area contributed by atoms with Crippen molar-refractivity contribution in [1.82, 2.24) is 0 Å². The maximum Gasteiger partial charge on any atom is 0.338 e. The van der Waals surface area contributed by atoms with Crippen LogP contribution in [-0.2, 0) is 9.47 Å². The Morgan fingerprint density at radius 1 is 0.556 bits per heavy atom. The molecule has 2 aromatic rings. The Balaban J connectivity index is 1.76. The summed E-state index contributed by atoms with van der Waals surface area (Å²) in [6.07, 6.45) is 11.2. The SMILES string of the molecule is CCCCCCCOC(=O)c1ccc(C#CC#Cc2ccc(C(=O)OCCCCCCC)cc2)cc1. The van der Waals surface area contributed by atoms with Crippen LogP contribution < -0.4 is 0 Å². The number of rotatable bonds is 14. The summed E-state index contributed by atoms with van der Waals surface area (Å²) in [5.41, 5.74) is 2.59. The first-order chi connectivity index (χ1) is 17.6. The van der Waals surface area contributed by atoms with Crippen LogP contribution in [0.3, 0.4) is 0 Å². The minimum absolute atomic E-state index is 0.302. The van der Waals surface area contributed by atoms with E-state index >= 15 is 0 Å². The number of hydrogen-bond donors (Lipinski definition) is 0. The normalized spacial score (nSPS) is 9.94. The molecule has 0 radical (unpaired) electrons. The van der Waals surface area contributed by atoms with Gasteiger partial charge in [-0.1, -0.05) is 77.1 Å². The first-order valence-electron chi connectivity index (χ1n) is 13.2. The zero-order valence-electron chi connectivity index (χ0n) is 21.7. The van der Waals surface area contributed by atoms with Gasteiger partial charge in [-0.2, -0.15) is 0 Å². The summed E-state index contributed by atoms with van der Waals surface area (Å²) in [4.78, 5) is 24.2. The van der Waals surface area contributed by atoms with Gasteiger partial charge in [0.25, 0.3) is 0 Å². The number of hydrogen-bond acceptors (Lipinski definition) is 4. The molecule has 0 fully saturated rings. The van der Waals surface area contributed by atoms with E-state index in [9.17, 15) is 9.59 Å². The largest absolute Gasteiger partial charge is 0.462 e. The lowest BCUT2D eigenvalue weighted by Gasteiger charge is -2.04. The molecule has 0 saturated heterocycles. The number of unbranched alkanes of at least 4 members (excludes halogenated alkanes) is 8. The Labute approximate surface area is 216 Å². The highest BCUT2D eigenvalue weighted by atomic mass is 16.5. The summed E-state index contributed by atoms with van der Waals surface area (Å²) in [6, 6.07) is 14.0. The molecule has 2 rings (SSSR count). The van der Waals surface area contributed by atoms with Gasteiger partial charge in [0.05, 0.1) is 24.3 Å². The minimum atomic E-state index is -0.302. The quantitative estimate of drug-likeness (QED) is 0.159. The van der Waals surface area contributed by atoms with Crippen molar-refractivity contribution in [3.63, 3.8) is 0 Å². The molecule has 0 atom stereocenters. The highest BCUT2D eigenvalue weighted by Crippen LogP contribution is 2.09. The predicted molar refractivity (Wildman–Crippen MR) is 145 cm³/mol. The Morgan fingerprint density at radius 2 is 0.917 bits per heavy atom. The monoisotopic (exact) mass is 486 g/mol. The van der Waals surface area contributed by atoms with Crippen molar-refractivity contribution in [2.75, 3.05) is 13.2 Å². The molecule has 0 spiro atoms. The number of benzene rings is 2. The van der Waals surface area contributed by atoms with E-state index in [1.807, 2.05) is 0 Å². The van der Waals surface area contributed by atoms with E-state index in [4.69, 9.17) is 9.47 Å². The third-order valence-corrected chi connectivity index (χ3v) is 5.68. The second-order valence-electron chi connectivity index (χ2n) is 8.75. The highest BCUT2D eigenvalue weighted by Gasteiger charge is 2.07. The standard InChI is InChI=1S/C32H38O4/c1-3-5-7-9-13-25-35-31(33)29-21-17-27(18-22-29)15-11-12-16-28-19-23-30(24-20-28)32(34)36-26-14-10-8-6-4-2/h17-24H,3-10,13-14,25-26H2,1-2H3. The maximum absolute atomic E-state index is 12.1. The Hall–Kier alpha value is -3.50. The maximum atomic E-state index is 12.1. The molecule has 0 aliphatic heterocycles. The molecule has 0 bridgehead atoms. The first kappa shape index (κ1) is 28.7. The van der Waals surface area contributed by atoms with Crippen LogP contribution in [0.2, 0.25) is 0 Å². The molecule has 0 heterocycles. The van der Waals surface area contributed by atoms with Crippen LogP contribution in [0.4, 0.5) is 0 Å². The fourth-order valence-corrected chi connectivity index (χ4v) is 3.49. The average Bonchev–Trinajstić information content (AvgIpc) is 2.91. The molecular weight excluding hydrogens is 448 g/mol. The molecule has 0 aliphatic carbocycles. The molecule has 0 saturated carbocycles. The van der Waals surface area contributed by atoms with Crippen molar-refractivity contribution in [2.24, 2.45) is 0 Å². The van der Waals surface area contributed by atoms with E-state index in [0.717, 1.165) is 36.8 Å². The van der Waals surface area contributed by atoms with Crippen molar-refractivity contribution in [1.29, 1.82) is 0 Å². The first-order valence-corrected chi connectivity index (χ1v) is 13.2. The Morgan fingerprint density at radius 3 is 1.28 bits per heavy atom. The van der Waals surface area contributed by atoms with Crippen LogP contribution in [0.1, 0.15) is 110 Å². The van der Waals surface area contributed by atoms with Gasteiger partial charge in [-0.25, -0.2) is 9.59 Å². The summed E-state index contributed by atoms with van der Waals surface area (Å²) in [7, 11) is 0. The summed E-state index contributed by atoms with van der Waals surface area (Å²) >= 11 is 0. The number of esters is 2. The summed E-state index contributed by atoms with van der Waals surface area (Å²) < 4.78 is 10.7. The van der Waals surface area contributed by atoms with Gasteiger partial charge in [-0.15, -0.1) is 0 Å². The van der Waals surface area contributed by atoms with Gasteiger partial charge in [0.1, 0.15) is 0 Å². The van der Waals surface area contributed by atoms with E-state index in [-0.39, 0.29) is 11.9 Å². The topological polar surface area (TPSA) is 52.6 Å². The molecule has 2 aromatic carbocycles. The predicted octanol–water partition coefficient (Wildman–Crippen LogP) is 7.34. The minimum Gasteiger partial charge on any atom is -0.462 e. The fraction of sp³-hybridized carbons (Fsp3) is 0.438. The van der Waals surface area contributed by atoms with Crippen molar-refractivity contribution in [2.45, 2.75) is 78.1 Å². The molecule has 4 heteroatoms.